The number of ether oxygens (including phenoxy) is 1. The van der Waals surface area contributed by atoms with Crippen LogP contribution in [0.5, 0.6) is 0 Å². The van der Waals surface area contributed by atoms with E-state index in [-0.39, 0.29) is 30.0 Å². The molecular weight excluding hydrogens is 310 g/mol. The summed E-state index contributed by atoms with van der Waals surface area (Å²) < 4.78 is 30.3. The van der Waals surface area contributed by atoms with Crippen LogP contribution in [0, 0.1) is 0 Å². The van der Waals surface area contributed by atoms with E-state index in [1.165, 1.54) is 6.07 Å². The SMILES string of the molecule is CCOC(=O)Cc1nc(CBr)cc(C(F)F)c1N. The Morgan fingerprint density at radius 1 is 1.61 bits per heavy atom. The van der Waals surface area contributed by atoms with Crippen LogP contribution in [0.4, 0.5) is 14.5 Å². The normalized spacial score (nSPS) is 10.7. The number of nitrogens with zero attached hydrogens (tertiary/aromatic N) is 1. The maximum atomic E-state index is 12.8. The standard InChI is InChI=1S/C11H13BrF2N2O2/c1-2-18-9(17)4-8-10(15)7(11(13)14)3-6(5-12)16-8/h3,11H,2,4-5,15H2,1H3. The van der Waals surface area contributed by atoms with Gasteiger partial charge in [-0.2, -0.15) is 0 Å². The number of pyridine rings is 1. The lowest BCUT2D eigenvalue weighted by Gasteiger charge is -2.11. The highest BCUT2D eigenvalue weighted by atomic mass is 79.9. The molecule has 4 nitrogen and oxygen atoms in total. The maximum absolute atomic E-state index is 12.8. The van der Waals surface area contributed by atoms with E-state index in [4.69, 9.17) is 10.5 Å². The zero-order valence-electron chi connectivity index (χ0n) is 9.75. The molecule has 0 spiro atoms. The average molecular weight is 323 g/mol. The summed E-state index contributed by atoms with van der Waals surface area (Å²) in [7, 11) is 0. The van der Waals surface area contributed by atoms with Gasteiger partial charge in [0.25, 0.3) is 6.43 Å². The molecule has 1 aromatic rings. The summed E-state index contributed by atoms with van der Waals surface area (Å²) in [5, 5.41) is 0.308. The maximum Gasteiger partial charge on any atom is 0.311 e. The Labute approximate surface area is 112 Å². The number of anilines is 1. The predicted molar refractivity (Wildman–Crippen MR) is 66.6 cm³/mol. The van der Waals surface area contributed by atoms with Gasteiger partial charge >= 0.3 is 5.97 Å². The minimum absolute atomic E-state index is 0.126. The van der Waals surface area contributed by atoms with Crippen molar-refractivity contribution in [2.45, 2.75) is 25.1 Å². The van der Waals surface area contributed by atoms with E-state index in [1.807, 2.05) is 0 Å². The highest BCUT2D eigenvalue weighted by molar-refractivity contribution is 9.08. The highest BCUT2D eigenvalue weighted by Crippen LogP contribution is 2.28. The number of carbonyl (C=O) groups is 1. The molecule has 0 aliphatic carbocycles. The lowest BCUT2D eigenvalue weighted by Crippen LogP contribution is -2.13. The summed E-state index contributed by atoms with van der Waals surface area (Å²) in [6.45, 7) is 1.88. The molecule has 18 heavy (non-hydrogen) atoms. The van der Waals surface area contributed by atoms with Crippen LogP contribution in [0.2, 0.25) is 0 Å². The van der Waals surface area contributed by atoms with Gasteiger partial charge in [0.15, 0.2) is 0 Å². The summed E-state index contributed by atoms with van der Waals surface area (Å²) in [6, 6.07) is 1.23. The number of hydrogen-bond donors (Lipinski definition) is 1. The zero-order valence-corrected chi connectivity index (χ0v) is 11.3. The molecule has 7 heteroatoms. The Bertz CT molecular complexity index is 441. The Morgan fingerprint density at radius 2 is 2.28 bits per heavy atom. The second kappa shape index (κ2) is 6.63. The van der Waals surface area contributed by atoms with Gasteiger partial charge in [0, 0.05) is 10.9 Å². The van der Waals surface area contributed by atoms with Gasteiger partial charge in [-0.05, 0) is 13.0 Å². The summed E-state index contributed by atoms with van der Waals surface area (Å²) >= 11 is 3.13. The Morgan fingerprint density at radius 3 is 2.78 bits per heavy atom. The number of hydrogen-bond acceptors (Lipinski definition) is 4. The van der Waals surface area contributed by atoms with Crippen molar-refractivity contribution in [1.82, 2.24) is 4.98 Å². The largest absolute Gasteiger partial charge is 0.466 e. The second-order valence-corrected chi connectivity index (χ2v) is 4.04. The molecule has 0 aliphatic heterocycles. The lowest BCUT2D eigenvalue weighted by molar-refractivity contribution is -0.142. The van der Waals surface area contributed by atoms with E-state index >= 15 is 0 Å². The first-order valence-electron chi connectivity index (χ1n) is 5.27. The summed E-state index contributed by atoms with van der Waals surface area (Å²) in [5.41, 5.74) is 5.66. The molecule has 0 amide bonds. The fourth-order valence-corrected chi connectivity index (χ4v) is 1.71. The molecule has 1 heterocycles. The van der Waals surface area contributed by atoms with Crippen LogP contribution in [0.3, 0.4) is 0 Å². The minimum Gasteiger partial charge on any atom is -0.466 e. The highest BCUT2D eigenvalue weighted by Gasteiger charge is 2.19. The average Bonchev–Trinajstić information content (AvgIpc) is 2.31. The third-order valence-electron chi connectivity index (χ3n) is 2.21. The van der Waals surface area contributed by atoms with E-state index in [9.17, 15) is 13.6 Å². The molecule has 100 valence electrons. The molecule has 1 rings (SSSR count). The van der Waals surface area contributed by atoms with Crippen LogP contribution < -0.4 is 5.73 Å². The fraction of sp³-hybridized carbons (Fsp3) is 0.455. The summed E-state index contributed by atoms with van der Waals surface area (Å²) in [5.74, 6) is -0.538. The molecule has 0 unspecified atom stereocenters. The summed E-state index contributed by atoms with van der Waals surface area (Å²) in [6.07, 6.45) is -2.91. The molecular formula is C11H13BrF2N2O2. The van der Waals surface area contributed by atoms with E-state index < -0.39 is 12.4 Å². The number of esters is 1. The van der Waals surface area contributed by atoms with Gasteiger partial charge < -0.3 is 10.5 Å². The first-order chi connectivity index (χ1) is 8.49. The topological polar surface area (TPSA) is 65.2 Å². The molecule has 0 bridgehead atoms. The third-order valence-corrected chi connectivity index (χ3v) is 2.79. The molecule has 1 aromatic heterocycles. The summed E-state index contributed by atoms with van der Waals surface area (Å²) in [4.78, 5) is 15.4. The number of nitrogen functional groups attached to an aromatic ring is 1. The number of nitrogens with two attached hydrogens (primary N) is 1. The quantitative estimate of drug-likeness (QED) is 0.668. The van der Waals surface area contributed by atoms with Crippen molar-refractivity contribution < 1.29 is 18.3 Å². The first kappa shape index (κ1) is 14.8. The smallest absolute Gasteiger partial charge is 0.311 e. The predicted octanol–water partition coefficient (Wildman–Crippen LogP) is 2.60. The van der Waals surface area contributed by atoms with Crippen LogP contribution >= 0.6 is 15.9 Å². The number of aromatic nitrogens is 1. The molecule has 2 N–H and O–H groups in total. The van der Waals surface area contributed by atoms with Gasteiger partial charge in [-0.1, -0.05) is 15.9 Å². The number of rotatable bonds is 5. The van der Waals surface area contributed by atoms with Crippen molar-refractivity contribution in [2.75, 3.05) is 12.3 Å². The molecule has 0 aromatic carbocycles. The molecule has 0 radical (unpaired) electrons. The number of alkyl halides is 3. The monoisotopic (exact) mass is 322 g/mol. The Kier molecular flexibility index (Phi) is 5.46. The molecule has 0 saturated heterocycles. The van der Waals surface area contributed by atoms with Crippen molar-refractivity contribution in [3.05, 3.63) is 23.0 Å². The number of carbonyl (C=O) groups excluding carboxylic acids is 1. The Balaban J connectivity index is 3.09. The first-order valence-corrected chi connectivity index (χ1v) is 6.39. The van der Waals surface area contributed by atoms with Gasteiger partial charge in [-0.3, -0.25) is 9.78 Å². The van der Waals surface area contributed by atoms with Crippen LogP contribution in [0.25, 0.3) is 0 Å². The van der Waals surface area contributed by atoms with Gasteiger partial charge in [0.1, 0.15) is 0 Å². The molecule has 0 saturated carbocycles. The van der Waals surface area contributed by atoms with Gasteiger partial charge in [0.05, 0.1) is 30.1 Å². The second-order valence-electron chi connectivity index (χ2n) is 3.48. The van der Waals surface area contributed by atoms with Gasteiger partial charge in [-0.25, -0.2) is 8.78 Å². The van der Waals surface area contributed by atoms with Crippen molar-refractivity contribution in [1.29, 1.82) is 0 Å². The minimum atomic E-state index is -2.70. The third kappa shape index (κ3) is 3.63. The molecule has 0 atom stereocenters. The van der Waals surface area contributed by atoms with Crippen LogP contribution in [-0.4, -0.2) is 17.6 Å². The Hall–Kier alpha value is -1.24. The van der Waals surface area contributed by atoms with Crippen LogP contribution in [0.15, 0.2) is 6.07 Å². The van der Waals surface area contributed by atoms with Crippen molar-refractivity contribution in [2.24, 2.45) is 0 Å². The molecule has 0 fully saturated rings. The van der Waals surface area contributed by atoms with E-state index in [0.29, 0.717) is 11.0 Å². The van der Waals surface area contributed by atoms with Crippen molar-refractivity contribution >= 4 is 27.6 Å². The van der Waals surface area contributed by atoms with Gasteiger partial charge in [-0.15, -0.1) is 0 Å². The van der Waals surface area contributed by atoms with Crippen LogP contribution in [-0.2, 0) is 21.3 Å². The molecule has 0 aliphatic rings. The van der Waals surface area contributed by atoms with Crippen LogP contribution in [0.1, 0.15) is 30.3 Å². The van der Waals surface area contributed by atoms with E-state index in [1.54, 1.807) is 6.92 Å². The van der Waals surface area contributed by atoms with Crippen molar-refractivity contribution in [3.8, 4) is 0 Å². The van der Waals surface area contributed by atoms with Gasteiger partial charge in [0.2, 0.25) is 0 Å². The van der Waals surface area contributed by atoms with E-state index in [0.717, 1.165) is 0 Å². The zero-order chi connectivity index (χ0) is 13.7. The lowest BCUT2D eigenvalue weighted by atomic mass is 10.1. The van der Waals surface area contributed by atoms with E-state index in [2.05, 4.69) is 20.9 Å². The number of halogens is 3. The fourth-order valence-electron chi connectivity index (χ4n) is 1.42. The van der Waals surface area contributed by atoms with Crippen molar-refractivity contribution in [3.63, 3.8) is 0 Å².